The second-order valence-corrected chi connectivity index (χ2v) is 6.53. The van der Waals surface area contributed by atoms with Gasteiger partial charge in [0.15, 0.2) is 0 Å². The van der Waals surface area contributed by atoms with Crippen molar-refractivity contribution in [3.8, 4) is 0 Å². The van der Waals surface area contributed by atoms with Gasteiger partial charge < -0.3 is 4.42 Å². The molecule has 22 heavy (non-hydrogen) atoms. The molecule has 2 rings (SSSR count). The van der Waals surface area contributed by atoms with Crippen molar-refractivity contribution in [2.75, 3.05) is 0 Å². The number of aromatic nitrogens is 2. The lowest BCUT2D eigenvalue weighted by Gasteiger charge is -2.04. The van der Waals surface area contributed by atoms with Gasteiger partial charge in [-0.05, 0) is 6.07 Å². The smallest absolute Gasteiger partial charge is 0.270 e. The summed E-state index contributed by atoms with van der Waals surface area (Å²) in [5.74, 6) is 0.567. The average molecular weight is 326 g/mol. The van der Waals surface area contributed by atoms with Gasteiger partial charge in [0, 0.05) is 18.1 Å². The fourth-order valence-electron chi connectivity index (χ4n) is 1.58. The third kappa shape index (κ3) is 3.65. The first-order valence-electron chi connectivity index (χ1n) is 6.36. The van der Waals surface area contributed by atoms with Gasteiger partial charge in [0.25, 0.3) is 5.69 Å². The maximum atomic E-state index is 12.1. The summed E-state index contributed by atoms with van der Waals surface area (Å²) >= 11 is 0. The third-order valence-electron chi connectivity index (χ3n) is 2.73. The molecule has 1 aromatic carbocycles. The van der Waals surface area contributed by atoms with Crippen molar-refractivity contribution in [2.45, 2.75) is 31.2 Å². The summed E-state index contributed by atoms with van der Waals surface area (Å²) < 4.78 is 31.7. The van der Waals surface area contributed by atoms with Crippen molar-refractivity contribution < 1.29 is 17.8 Å². The molecule has 0 aliphatic heterocycles. The molecule has 0 atom stereocenters. The standard InChI is InChI=1S/C12H14N4O5S/c1-8(2)12-15-14-11(21-12)7-13-22(19,20)10-5-3-4-9(6-10)16(17)18/h3-6,8,13H,7H2,1-2H3. The Balaban J connectivity index is 2.13. The molecule has 0 bridgehead atoms. The van der Waals surface area contributed by atoms with Crippen LogP contribution in [0.5, 0.6) is 0 Å². The summed E-state index contributed by atoms with van der Waals surface area (Å²) in [6.45, 7) is 3.54. The first-order valence-corrected chi connectivity index (χ1v) is 7.84. The van der Waals surface area contributed by atoms with E-state index in [2.05, 4.69) is 14.9 Å². The number of nitro benzene ring substituents is 1. The fourth-order valence-corrected chi connectivity index (χ4v) is 2.59. The molecular weight excluding hydrogens is 312 g/mol. The molecule has 1 N–H and O–H groups in total. The molecule has 0 spiro atoms. The fraction of sp³-hybridized carbons (Fsp3) is 0.333. The Kier molecular flexibility index (Phi) is 4.52. The maximum Gasteiger partial charge on any atom is 0.270 e. The Hall–Kier alpha value is -2.33. The molecule has 0 unspecified atom stereocenters. The molecule has 2 aromatic rings. The second-order valence-electron chi connectivity index (χ2n) is 4.77. The number of sulfonamides is 1. The van der Waals surface area contributed by atoms with Gasteiger partial charge in [-0.15, -0.1) is 10.2 Å². The molecule has 0 saturated heterocycles. The molecule has 0 amide bonds. The first kappa shape index (κ1) is 16.0. The van der Waals surface area contributed by atoms with Crippen LogP contribution in [0.4, 0.5) is 5.69 Å². The zero-order valence-corrected chi connectivity index (χ0v) is 12.7. The van der Waals surface area contributed by atoms with E-state index >= 15 is 0 Å². The van der Waals surface area contributed by atoms with Crippen molar-refractivity contribution >= 4 is 15.7 Å². The lowest BCUT2D eigenvalue weighted by molar-refractivity contribution is -0.385. The van der Waals surface area contributed by atoms with Crippen LogP contribution in [0.15, 0.2) is 33.6 Å². The summed E-state index contributed by atoms with van der Waals surface area (Å²) in [6.07, 6.45) is 0. The number of rotatable bonds is 6. The maximum absolute atomic E-state index is 12.1. The number of nitrogens with one attached hydrogen (secondary N) is 1. The van der Waals surface area contributed by atoms with Crippen molar-refractivity contribution in [1.82, 2.24) is 14.9 Å². The van der Waals surface area contributed by atoms with Crippen molar-refractivity contribution in [1.29, 1.82) is 0 Å². The zero-order chi connectivity index (χ0) is 16.3. The molecule has 0 saturated carbocycles. The van der Waals surface area contributed by atoms with Crippen molar-refractivity contribution in [2.24, 2.45) is 0 Å². The Morgan fingerprint density at radius 3 is 2.68 bits per heavy atom. The molecular formula is C12H14N4O5S. The number of hydrogen-bond donors (Lipinski definition) is 1. The van der Waals surface area contributed by atoms with Gasteiger partial charge in [-0.2, -0.15) is 0 Å². The third-order valence-corrected chi connectivity index (χ3v) is 4.13. The Morgan fingerprint density at radius 1 is 1.36 bits per heavy atom. The highest BCUT2D eigenvalue weighted by Gasteiger charge is 2.19. The Labute approximate surface area is 126 Å². The molecule has 1 aromatic heterocycles. The van der Waals surface area contributed by atoms with Crippen LogP contribution >= 0.6 is 0 Å². The van der Waals surface area contributed by atoms with Gasteiger partial charge in [0.05, 0.1) is 16.4 Å². The van der Waals surface area contributed by atoms with E-state index < -0.39 is 14.9 Å². The van der Waals surface area contributed by atoms with Gasteiger partial charge in [0.1, 0.15) is 0 Å². The van der Waals surface area contributed by atoms with E-state index in [0.717, 1.165) is 6.07 Å². The number of benzene rings is 1. The highest BCUT2D eigenvalue weighted by molar-refractivity contribution is 7.89. The molecule has 1 heterocycles. The SMILES string of the molecule is CC(C)c1nnc(CNS(=O)(=O)c2cccc([N+](=O)[O-])c2)o1. The number of hydrogen-bond acceptors (Lipinski definition) is 7. The lowest BCUT2D eigenvalue weighted by Crippen LogP contribution is -2.23. The number of non-ortho nitro benzene ring substituents is 1. The lowest BCUT2D eigenvalue weighted by atomic mass is 10.2. The van der Waals surface area contributed by atoms with Gasteiger partial charge in [-0.3, -0.25) is 10.1 Å². The largest absolute Gasteiger partial charge is 0.424 e. The first-order chi connectivity index (χ1) is 10.3. The van der Waals surface area contributed by atoms with E-state index in [0.29, 0.717) is 5.89 Å². The predicted octanol–water partition coefficient (Wildman–Crippen LogP) is 1.58. The highest BCUT2D eigenvalue weighted by Crippen LogP contribution is 2.17. The normalized spacial score (nSPS) is 11.8. The van der Waals surface area contributed by atoms with Crippen LogP contribution in [0, 0.1) is 10.1 Å². The molecule has 118 valence electrons. The Morgan fingerprint density at radius 2 is 2.09 bits per heavy atom. The van der Waals surface area contributed by atoms with E-state index in [4.69, 9.17) is 4.42 Å². The van der Waals surface area contributed by atoms with Gasteiger partial charge in [-0.25, -0.2) is 13.1 Å². The molecule has 0 aliphatic carbocycles. The highest BCUT2D eigenvalue weighted by atomic mass is 32.2. The zero-order valence-electron chi connectivity index (χ0n) is 11.9. The van der Waals surface area contributed by atoms with Crippen LogP contribution in [0.25, 0.3) is 0 Å². The van der Waals surface area contributed by atoms with Crippen LogP contribution in [0.3, 0.4) is 0 Å². The minimum atomic E-state index is -3.91. The predicted molar refractivity (Wildman–Crippen MR) is 75.5 cm³/mol. The molecule has 0 fully saturated rings. The quantitative estimate of drug-likeness (QED) is 0.630. The van der Waals surface area contributed by atoms with Crippen LogP contribution in [0.2, 0.25) is 0 Å². The summed E-state index contributed by atoms with van der Waals surface area (Å²) in [7, 11) is -3.91. The number of nitro groups is 1. The molecule has 0 aliphatic rings. The van der Waals surface area contributed by atoms with E-state index in [1.165, 1.54) is 18.2 Å². The van der Waals surface area contributed by atoms with E-state index in [1.54, 1.807) is 0 Å². The molecule has 0 radical (unpaired) electrons. The van der Waals surface area contributed by atoms with Crippen molar-refractivity contribution in [3.63, 3.8) is 0 Å². The van der Waals surface area contributed by atoms with Crippen LogP contribution < -0.4 is 4.72 Å². The van der Waals surface area contributed by atoms with Gasteiger partial charge in [-0.1, -0.05) is 19.9 Å². The Bertz CT molecular complexity index is 784. The van der Waals surface area contributed by atoms with E-state index in [-0.39, 0.29) is 28.9 Å². The summed E-state index contributed by atoms with van der Waals surface area (Å²) in [5, 5.41) is 18.2. The second kappa shape index (κ2) is 6.20. The van der Waals surface area contributed by atoms with Crippen LogP contribution in [-0.2, 0) is 16.6 Å². The van der Waals surface area contributed by atoms with Gasteiger partial charge >= 0.3 is 0 Å². The molecule has 10 heteroatoms. The van der Waals surface area contributed by atoms with Crippen molar-refractivity contribution in [3.05, 3.63) is 46.2 Å². The van der Waals surface area contributed by atoms with Crippen LogP contribution in [-0.4, -0.2) is 23.5 Å². The topological polar surface area (TPSA) is 128 Å². The van der Waals surface area contributed by atoms with Gasteiger partial charge in [0.2, 0.25) is 21.8 Å². The molecule has 9 nitrogen and oxygen atoms in total. The number of nitrogens with zero attached hydrogens (tertiary/aromatic N) is 3. The summed E-state index contributed by atoms with van der Waals surface area (Å²) in [4.78, 5) is 9.82. The van der Waals surface area contributed by atoms with E-state index in [1.807, 2.05) is 13.8 Å². The van der Waals surface area contributed by atoms with Crippen LogP contribution in [0.1, 0.15) is 31.5 Å². The summed E-state index contributed by atoms with van der Waals surface area (Å²) in [6, 6.07) is 4.76. The summed E-state index contributed by atoms with van der Waals surface area (Å²) in [5.41, 5.74) is -0.303. The average Bonchev–Trinajstić information content (AvgIpc) is 2.94. The minimum absolute atomic E-state index is 0.0367. The minimum Gasteiger partial charge on any atom is -0.424 e. The monoisotopic (exact) mass is 326 g/mol. The van der Waals surface area contributed by atoms with E-state index in [9.17, 15) is 18.5 Å².